The molecule has 2 heterocycles. The molecule has 0 aliphatic heterocycles. The highest BCUT2D eigenvalue weighted by molar-refractivity contribution is 5.95. The fourth-order valence-corrected chi connectivity index (χ4v) is 3.09. The number of nitrogens with one attached hydrogen (secondary N) is 3. The van der Waals surface area contributed by atoms with E-state index in [0.29, 0.717) is 11.4 Å². The third kappa shape index (κ3) is 4.19. The van der Waals surface area contributed by atoms with Gasteiger partial charge < -0.3 is 4.74 Å². The normalized spacial score (nSPS) is 11.8. The molecule has 0 aliphatic carbocycles. The summed E-state index contributed by atoms with van der Waals surface area (Å²) in [7, 11) is 1.85. The van der Waals surface area contributed by atoms with Gasteiger partial charge in [0.15, 0.2) is 6.10 Å². The van der Waals surface area contributed by atoms with Crippen LogP contribution in [-0.4, -0.2) is 37.9 Å². The molecule has 1 atom stereocenters. The van der Waals surface area contributed by atoms with Crippen LogP contribution in [-0.2, 0) is 11.8 Å². The minimum absolute atomic E-state index is 0.219. The zero-order chi connectivity index (χ0) is 22.0. The number of benzene rings is 1. The van der Waals surface area contributed by atoms with Gasteiger partial charge in [-0.3, -0.25) is 30.2 Å². The van der Waals surface area contributed by atoms with Crippen LogP contribution in [0, 0.1) is 27.7 Å². The predicted molar refractivity (Wildman–Crippen MR) is 112 cm³/mol. The number of carbonyl (C=O) groups is 2. The van der Waals surface area contributed by atoms with Crippen LogP contribution in [0.2, 0.25) is 0 Å². The van der Waals surface area contributed by atoms with Crippen molar-refractivity contribution < 1.29 is 14.3 Å². The molecule has 3 N–H and O–H groups in total. The summed E-state index contributed by atoms with van der Waals surface area (Å²) in [6, 6.07) is 7.26. The Kier molecular flexibility index (Phi) is 5.91. The van der Waals surface area contributed by atoms with Crippen LogP contribution in [0.1, 0.15) is 39.9 Å². The van der Waals surface area contributed by atoms with E-state index < -0.39 is 17.9 Å². The van der Waals surface area contributed by atoms with Gasteiger partial charge in [0.1, 0.15) is 11.4 Å². The smallest absolute Gasteiger partial charge is 0.287 e. The Labute approximate surface area is 174 Å². The lowest BCUT2D eigenvalue weighted by molar-refractivity contribution is -0.128. The van der Waals surface area contributed by atoms with E-state index in [0.717, 1.165) is 28.1 Å². The van der Waals surface area contributed by atoms with E-state index in [1.54, 1.807) is 23.7 Å². The molecule has 0 spiro atoms. The Morgan fingerprint density at radius 3 is 2.57 bits per heavy atom. The molecule has 0 aliphatic rings. The molecule has 3 rings (SSSR count). The van der Waals surface area contributed by atoms with Gasteiger partial charge in [-0.15, -0.1) is 0 Å². The zero-order valence-corrected chi connectivity index (χ0v) is 18.0. The molecule has 2 aromatic heterocycles. The quantitative estimate of drug-likeness (QED) is 0.559. The number of ether oxygens (including phenoxy) is 1. The summed E-state index contributed by atoms with van der Waals surface area (Å²) < 4.78 is 7.48. The molecule has 0 radical (unpaired) electrons. The topological polar surface area (TPSA) is 114 Å². The summed E-state index contributed by atoms with van der Waals surface area (Å²) in [4.78, 5) is 24.7. The number of aromatic amines is 1. The Morgan fingerprint density at radius 1 is 1.17 bits per heavy atom. The van der Waals surface area contributed by atoms with Crippen molar-refractivity contribution in [1.29, 1.82) is 0 Å². The molecule has 9 nitrogen and oxygen atoms in total. The summed E-state index contributed by atoms with van der Waals surface area (Å²) in [5.74, 6) is -0.354. The SMILES string of the molecule is Cc1cccc(OC(C)C(=O)NNC(=O)c2cc(-c3c(C)nn(C)c3C)n[nH]2)c1C. The largest absolute Gasteiger partial charge is 0.481 e. The molecule has 0 saturated carbocycles. The van der Waals surface area contributed by atoms with Crippen LogP contribution in [0.4, 0.5) is 0 Å². The van der Waals surface area contributed by atoms with Gasteiger partial charge >= 0.3 is 0 Å². The summed E-state index contributed by atoms with van der Waals surface area (Å²) in [5, 5.41) is 11.3. The number of aryl methyl sites for hydroxylation is 3. The van der Waals surface area contributed by atoms with E-state index >= 15 is 0 Å². The number of H-pyrrole nitrogens is 1. The van der Waals surface area contributed by atoms with E-state index in [4.69, 9.17) is 4.74 Å². The van der Waals surface area contributed by atoms with Gasteiger partial charge in [0.2, 0.25) is 0 Å². The highest BCUT2D eigenvalue weighted by atomic mass is 16.5. The maximum absolute atomic E-state index is 12.4. The van der Waals surface area contributed by atoms with E-state index in [-0.39, 0.29) is 5.69 Å². The van der Waals surface area contributed by atoms with Gasteiger partial charge in [-0.25, -0.2) is 0 Å². The number of nitrogens with zero attached hydrogens (tertiary/aromatic N) is 3. The first-order chi connectivity index (χ1) is 14.2. The molecular weight excluding hydrogens is 384 g/mol. The van der Waals surface area contributed by atoms with Crippen molar-refractivity contribution in [2.75, 3.05) is 0 Å². The Balaban J connectivity index is 1.61. The number of hydrazine groups is 1. The summed E-state index contributed by atoms with van der Waals surface area (Å²) in [6.07, 6.45) is -0.788. The monoisotopic (exact) mass is 410 g/mol. The van der Waals surface area contributed by atoms with Crippen molar-refractivity contribution in [3.8, 4) is 17.0 Å². The zero-order valence-electron chi connectivity index (χ0n) is 18.0. The van der Waals surface area contributed by atoms with E-state index in [9.17, 15) is 9.59 Å². The number of rotatable bonds is 5. The van der Waals surface area contributed by atoms with Gasteiger partial charge in [0, 0.05) is 18.3 Å². The Bertz CT molecular complexity index is 1100. The van der Waals surface area contributed by atoms with E-state index in [2.05, 4.69) is 26.1 Å². The van der Waals surface area contributed by atoms with Crippen LogP contribution in [0.3, 0.4) is 0 Å². The summed E-state index contributed by atoms with van der Waals surface area (Å²) in [6.45, 7) is 9.33. The first kappa shape index (κ1) is 21.1. The van der Waals surface area contributed by atoms with Crippen LogP contribution in [0.15, 0.2) is 24.3 Å². The molecule has 1 aromatic carbocycles. The molecule has 0 saturated heterocycles. The van der Waals surface area contributed by atoms with E-state index in [1.807, 2.05) is 46.9 Å². The minimum atomic E-state index is -0.788. The molecule has 9 heteroatoms. The maximum Gasteiger partial charge on any atom is 0.287 e. The maximum atomic E-state index is 12.4. The van der Waals surface area contributed by atoms with Gasteiger partial charge in [0.25, 0.3) is 11.8 Å². The van der Waals surface area contributed by atoms with Crippen molar-refractivity contribution in [3.63, 3.8) is 0 Å². The van der Waals surface area contributed by atoms with Gasteiger partial charge in [0.05, 0.1) is 11.4 Å². The first-order valence-corrected chi connectivity index (χ1v) is 9.58. The first-order valence-electron chi connectivity index (χ1n) is 9.58. The van der Waals surface area contributed by atoms with E-state index in [1.165, 1.54) is 0 Å². The summed E-state index contributed by atoms with van der Waals surface area (Å²) in [5.41, 5.74) is 10.3. The fourth-order valence-electron chi connectivity index (χ4n) is 3.09. The van der Waals surface area contributed by atoms with Crippen molar-refractivity contribution in [1.82, 2.24) is 30.8 Å². The molecule has 30 heavy (non-hydrogen) atoms. The standard InChI is InChI=1S/C21H26N6O3/c1-11-8-7-9-18(12(11)2)30-15(5)20(28)24-25-21(29)17-10-16(22-23-17)19-13(3)26-27(6)14(19)4/h7-10,15H,1-6H3,(H,22,23)(H,24,28)(H,25,29). The lowest BCUT2D eigenvalue weighted by Gasteiger charge is -2.17. The highest BCUT2D eigenvalue weighted by Crippen LogP contribution is 2.25. The van der Waals surface area contributed by atoms with Crippen molar-refractivity contribution in [2.45, 2.75) is 40.7 Å². The third-order valence-corrected chi connectivity index (χ3v) is 5.11. The Hall–Kier alpha value is -3.62. The number of amides is 2. The number of hydrogen-bond acceptors (Lipinski definition) is 5. The fraction of sp³-hybridized carbons (Fsp3) is 0.333. The molecule has 158 valence electrons. The second-order valence-electron chi connectivity index (χ2n) is 7.24. The lowest BCUT2D eigenvalue weighted by Crippen LogP contribution is -2.47. The van der Waals surface area contributed by atoms with Gasteiger partial charge in [-0.2, -0.15) is 10.2 Å². The molecule has 1 unspecified atom stereocenters. The molecule has 0 bridgehead atoms. The van der Waals surface area contributed by atoms with Crippen LogP contribution in [0.25, 0.3) is 11.3 Å². The second kappa shape index (κ2) is 8.40. The summed E-state index contributed by atoms with van der Waals surface area (Å²) >= 11 is 0. The number of aromatic nitrogens is 4. The van der Waals surface area contributed by atoms with Crippen molar-refractivity contribution in [2.24, 2.45) is 7.05 Å². The molecule has 3 aromatic rings. The average Bonchev–Trinajstić information content (AvgIpc) is 3.27. The van der Waals surface area contributed by atoms with Crippen LogP contribution in [0.5, 0.6) is 5.75 Å². The minimum Gasteiger partial charge on any atom is -0.481 e. The second-order valence-corrected chi connectivity index (χ2v) is 7.24. The van der Waals surface area contributed by atoms with Crippen LogP contribution >= 0.6 is 0 Å². The average molecular weight is 410 g/mol. The molecular formula is C21H26N6O3. The van der Waals surface area contributed by atoms with Gasteiger partial charge in [-0.1, -0.05) is 12.1 Å². The van der Waals surface area contributed by atoms with Crippen molar-refractivity contribution >= 4 is 11.8 Å². The van der Waals surface area contributed by atoms with Crippen molar-refractivity contribution in [3.05, 3.63) is 52.5 Å². The third-order valence-electron chi connectivity index (χ3n) is 5.11. The highest BCUT2D eigenvalue weighted by Gasteiger charge is 2.20. The molecule has 2 amide bonds. The number of hydrogen-bond donors (Lipinski definition) is 3. The van der Waals surface area contributed by atoms with Crippen LogP contribution < -0.4 is 15.6 Å². The van der Waals surface area contributed by atoms with Gasteiger partial charge in [-0.05, 0) is 57.9 Å². The number of carbonyl (C=O) groups excluding carboxylic acids is 2. The molecule has 0 fully saturated rings. The Morgan fingerprint density at radius 2 is 1.90 bits per heavy atom. The predicted octanol–water partition coefficient (Wildman–Crippen LogP) is 2.27. The lowest BCUT2D eigenvalue weighted by atomic mass is 10.1.